The first-order chi connectivity index (χ1) is 12.6. The quantitative estimate of drug-likeness (QED) is 0.504. The van der Waals surface area contributed by atoms with E-state index in [1.807, 2.05) is 24.3 Å². The SMILES string of the molecule is N#Cc1c(O)cc2onc(-c3ccc(-c4ccccc4O)cc3)c2c1O. The number of hydrogen-bond donors (Lipinski definition) is 3. The molecule has 1 heterocycles. The third-order valence-corrected chi connectivity index (χ3v) is 4.20. The number of hydrogen-bond acceptors (Lipinski definition) is 6. The third kappa shape index (κ3) is 2.31. The van der Waals surface area contributed by atoms with Crippen LogP contribution in [-0.4, -0.2) is 20.5 Å². The maximum atomic E-state index is 10.3. The highest BCUT2D eigenvalue weighted by Crippen LogP contribution is 2.41. The number of fused-ring (bicyclic) bond motifs is 1. The molecule has 0 saturated carbocycles. The van der Waals surface area contributed by atoms with Crippen molar-refractivity contribution in [1.29, 1.82) is 5.26 Å². The van der Waals surface area contributed by atoms with Gasteiger partial charge in [0.05, 0.1) is 5.39 Å². The lowest BCUT2D eigenvalue weighted by Gasteiger charge is -2.06. The fraction of sp³-hybridized carbons (Fsp3) is 0. The molecule has 4 rings (SSSR count). The Hall–Kier alpha value is -3.98. The van der Waals surface area contributed by atoms with Crippen molar-refractivity contribution in [2.45, 2.75) is 0 Å². The van der Waals surface area contributed by atoms with Gasteiger partial charge in [0, 0.05) is 17.2 Å². The Morgan fingerprint density at radius 1 is 0.885 bits per heavy atom. The van der Waals surface area contributed by atoms with Gasteiger partial charge in [-0.2, -0.15) is 5.26 Å². The number of aromatic nitrogens is 1. The van der Waals surface area contributed by atoms with Gasteiger partial charge >= 0.3 is 0 Å². The highest BCUT2D eigenvalue weighted by atomic mass is 16.5. The van der Waals surface area contributed by atoms with E-state index in [0.717, 1.165) is 5.56 Å². The van der Waals surface area contributed by atoms with E-state index in [1.54, 1.807) is 30.3 Å². The van der Waals surface area contributed by atoms with Gasteiger partial charge in [0.1, 0.15) is 28.8 Å². The highest BCUT2D eigenvalue weighted by Gasteiger charge is 2.20. The number of phenols is 3. The van der Waals surface area contributed by atoms with Crippen molar-refractivity contribution in [3.8, 4) is 45.7 Å². The predicted molar refractivity (Wildman–Crippen MR) is 94.6 cm³/mol. The molecule has 0 spiro atoms. The van der Waals surface area contributed by atoms with Gasteiger partial charge in [0.15, 0.2) is 11.3 Å². The van der Waals surface area contributed by atoms with E-state index in [1.165, 1.54) is 6.07 Å². The van der Waals surface area contributed by atoms with Crippen LogP contribution in [0.1, 0.15) is 5.56 Å². The molecule has 0 bridgehead atoms. The molecule has 0 unspecified atom stereocenters. The predicted octanol–water partition coefficient (Wildman–Crippen LogP) is 4.15. The van der Waals surface area contributed by atoms with E-state index in [-0.39, 0.29) is 33.8 Å². The molecule has 3 N–H and O–H groups in total. The molecule has 6 heteroatoms. The third-order valence-electron chi connectivity index (χ3n) is 4.20. The maximum Gasteiger partial charge on any atom is 0.175 e. The number of aromatic hydroxyl groups is 3. The van der Waals surface area contributed by atoms with Gasteiger partial charge in [0.25, 0.3) is 0 Å². The zero-order valence-electron chi connectivity index (χ0n) is 13.3. The molecular formula is C20H12N2O4. The van der Waals surface area contributed by atoms with Gasteiger partial charge in [-0.15, -0.1) is 0 Å². The fourth-order valence-corrected chi connectivity index (χ4v) is 2.91. The van der Waals surface area contributed by atoms with Crippen molar-refractivity contribution in [2.24, 2.45) is 0 Å². The summed E-state index contributed by atoms with van der Waals surface area (Å²) >= 11 is 0. The molecule has 4 aromatic rings. The number of para-hydroxylation sites is 1. The van der Waals surface area contributed by atoms with Gasteiger partial charge in [-0.1, -0.05) is 47.6 Å². The van der Waals surface area contributed by atoms with Crippen LogP contribution >= 0.6 is 0 Å². The van der Waals surface area contributed by atoms with Gasteiger partial charge in [-0.25, -0.2) is 0 Å². The average Bonchev–Trinajstić information content (AvgIpc) is 3.06. The Balaban J connectivity index is 1.84. The van der Waals surface area contributed by atoms with E-state index in [0.29, 0.717) is 16.8 Å². The minimum atomic E-state index is -0.372. The molecule has 3 aromatic carbocycles. The number of phenolic OH excluding ortho intramolecular Hbond substituents is 3. The molecule has 6 nitrogen and oxygen atoms in total. The van der Waals surface area contributed by atoms with E-state index in [4.69, 9.17) is 9.78 Å². The zero-order valence-corrected chi connectivity index (χ0v) is 13.3. The monoisotopic (exact) mass is 344 g/mol. The first-order valence-corrected chi connectivity index (χ1v) is 7.73. The van der Waals surface area contributed by atoms with Gasteiger partial charge < -0.3 is 19.8 Å². The summed E-state index contributed by atoms with van der Waals surface area (Å²) in [5, 5.41) is 43.4. The van der Waals surface area contributed by atoms with Crippen LogP contribution in [-0.2, 0) is 0 Å². The largest absolute Gasteiger partial charge is 0.507 e. The first kappa shape index (κ1) is 15.5. The number of benzene rings is 3. The molecule has 0 radical (unpaired) electrons. The molecule has 1 aromatic heterocycles. The minimum absolute atomic E-state index is 0.179. The van der Waals surface area contributed by atoms with Crippen LogP contribution in [0.3, 0.4) is 0 Å². The van der Waals surface area contributed by atoms with Gasteiger partial charge in [-0.3, -0.25) is 0 Å². The number of rotatable bonds is 2. The topological polar surface area (TPSA) is 111 Å². The van der Waals surface area contributed by atoms with Crippen LogP contribution in [0.5, 0.6) is 17.2 Å². The molecule has 0 amide bonds. The van der Waals surface area contributed by atoms with Crippen molar-refractivity contribution in [3.05, 3.63) is 60.2 Å². The molecular weight excluding hydrogens is 332 g/mol. The zero-order chi connectivity index (χ0) is 18.3. The summed E-state index contributed by atoms with van der Waals surface area (Å²) in [6.07, 6.45) is 0. The first-order valence-electron chi connectivity index (χ1n) is 7.73. The van der Waals surface area contributed by atoms with Crippen LogP contribution in [0.15, 0.2) is 59.1 Å². The molecule has 0 aliphatic heterocycles. The Morgan fingerprint density at radius 3 is 2.27 bits per heavy atom. The Bertz CT molecular complexity index is 1170. The Kier molecular flexibility index (Phi) is 3.48. The fourth-order valence-electron chi connectivity index (χ4n) is 2.91. The molecule has 0 atom stereocenters. The second-order valence-corrected chi connectivity index (χ2v) is 5.73. The smallest absolute Gasteiger partial charge is 0.175 e. The summed E-state index contributed by atoms with van der Waals surface area (Å²) < 4.78 is 5.18. The van der Waals surface area contributed by atoms with Crippen molar-refractivity contribution in [2.75, 3.05) is 0 Å². The van der Waals surface area contributed by atoms with Gasteiger partial charge in [0.2, 0.25) is 0 Å². The minimum Gasteiger partial charge on any atom is -0.507 e. The van der Waals surface area contributed by atoms with Crippen LogP contribution in [0, 0.1) is 11.3 Å². The molecule has 26 heavy (non-hydrogen) atoms. The van der Waals surface area contributed by atoms with Crippen molar-refractivity contribution in [1.82, 2.24) is 5.16 Å². The molecule has 0 aliphatic rings. The summed E-state index contributed by atoms with van der Waals surface area (Å²) in [4.78, 5) is 0. The van der Waals surface area contributed by atoms with E-state index < -0.39 is 0 Å². The summed E-state index contributed by atoms with van der Waals surface area (Å²) in [7, 11) is 0. The molecule has 0 saturated heterocycles. The molecule has 0 fully saturated rings. The maximum absolute atomic E-state index is 10.3. The standard InChI is InChI=1S/C20H12N2O4/c21-10-14-16(24)9-17-18(20(14)25)19(22-26-17)12-7-5-11(6-8-12)13-3-1-2-4-15(13)23/h1-9,23-25H. The Labute approximate surface area is 147 Å². The summed E-state index contributed by atoms with van der Waals surface area (Å²) in [5.74, 6) is -0.558. The lowest BCUT2D eigenvalue weighted by molar-refractivity contribution is 0.441. The number of nitrogens with zero attached hydrogens (tertiary/aromatic N) is 2. The highest BCUT2D eigenvalue weighted by molar-refractivity contribution is 5.99. The summed E-state index contributed by atoms with van der Waals surface area (Å²) in [6, 6.07) is 17.2. The van der Waals surface area contributed by atoms with Crippen molar-refractivity contribution in [3.63, 3.8) is 0 Å². The average molecular weight is 344 g/mol. The second kappa shape index (κ2) is 5.83. The van der Waals surface area contributed by atoms with E-state index >= 15 is 0 Å². The van der Waals surface area contributed by atoms with Gasteiger partial charge in [-0.05, 0) is 11.6 Å². The van der Waals surface area contributed by atoms with Crippen molar-refractivity contribution < 1.29 is 19.8 Å². The summed E-state index contributed by atoms with van der Waals surface area (Å²) in [5.41, 5.74) is 2.49. The normalized spacial score (nSPS) is 10.7. The lowest BCUT2D eigenvalue weighted by Crippen LogP contribution is -1.84. The van der Waals surface area contributed by atoms with E-state index in [9.17, 15) is 15.3 Å². The molecule has 0 aliphatic carbocycles. The van der Waals surface area contributed by atoms with E-state index in [2.05, 4.69) is 5.16 Å². The van der Waals surface area contributed by atoms with Crippen LogP contribution < -0.4 is 0 Å². The number of nitriles is 1. The van der Waals surface area contributed by atoms with Crippen LogP contribution in [0.4, 0.5) is 0 Å². The van der Waals surface area contributed by atoms with Crippen LogP contribution in [0.25, 0.3) is 33.4 Å². The summed E-state index contributed by atoms with van der Waals surface area (Å²) in [6.45, 7) is 0. The van der Waals surface area contributed by atoms with Crippen molar-refractivity contribution >= 4 is 11.0 Å². The Morgan fingerprint density at radius 2 is 1.58 bits per heavy atom. The lowest BCUT2D eigenvalue weighted by atomic mass is 10.00. The van der Waals surface area contributed by atoms with Crippen LogP contribution in [0.2, 0.25) is 0 Å². The molecule has 126 valence electrons. The second-order valence-electron chi connectivity index (χ2n) is 5.73.